The van der Waals surface area contributed by atoms with Gasteiger partial charge in [-0.25, -0.2) is 0 Å². The Morgan fingerprint density at radius 1 is 1.21 bits per heavy atom. The minimum Gasteiger partial charge on any atom is -0.396 e. The third kappa shape index (κ3) is 4.18. The van der Waals surface area contributed by atoms with E-state index in [9.17, 15) is 23.1 Å². The number of aryl methyl sites for hydroxylation is 2. The summed E-state index contributed by atoms with van der Waals surface area (Å²) in [7, 11) is 0. The van der Waals surface area contributed by atoms with Crippen molar-refractivity contribution in [2.45, 2.75) is 26.4 Å². The molecule has 1 N–H and O–H groups in total. The maximum Gasteiger partial charge on any atom is 0.417 e. The summed E-state index contributed by atoms with van der Waals surface area (Å²) in [5.41, 5.74) is 0.902. The number of likely N-dealkylation sites (tertiary alicyclic amines) is 1. The van der Waals surface area contributed by atoms with Crippen LogP contribution in [0.3, 0.4) is 0 Å². The molecule has 2 saturated heterocycles. The Labute approximate surface area is 191 Å². The molecule has 2 aliphatic heterocycles. The predicted molar refractivity (Wildman–Crippen MR) is 118 cm³/mol. The molecule has 0 aliphatic carbocycles. The van der Waals surface area contributed by atoms with Crippen LogP contribution < -0.4 is 4.90 Å². The summed E-state index contributed by atoms with van der Waals surface area (Å²) in [6, 6.07) is 11.1. The monoisotopic (exact) mass is 457 g/mol. The second kappa shape index (κ2) is 8.38. The molecule has 2 atom stereocenters. The van der Waals surface area contributed by atoms with Crippen LogP contribution >= 0.6 is 0 Å². The molecular weight excluding hydrogens is 431 g/mol. The summed E-state index contributed by atoms with van der Waals surface area (Å²) in [4.78, 5) is 16.9. The number of nitrogens with zero attached hydrogens (tertiary/aromatic N) is 3. The Kier molecular flexibility index (Phi) is 5.87. The van der Waals surface area contributed by atoms with Crippen molar-refractivity contribution in [1.82, 2.24) is 4.90 Å². The Bertz CT molecular complexity index is 1120. The average Bonchev–Trinajstić information content (AvgIpc) is 3.18. The van der Waals surface area contributed by atoms with E-state index < -0.39 is 22.7 Å². The largest absolute Gasteiger partial charge is 0.417 e. The van der Waals surface area contributed by atoms with Crippen molar-refractivity contribution in [2.75, 3.05) is 37.7 Å². The minimum absolute atomic E-state index is 0.0511. The Morgan fingerprint density at radius 2 is 1.97 bits per heavy atom. The number of halogens is 3. The Balaban J connectivity index is 1.60. The van der Waals surface area contributed by atoms with Crippen molar-refractivity contribution in [3.63, 3.8) is 0 Å². The molecule has 2 heterocycles. The van der Waals surface area contributed by atoms with Gasteiger partial charge in [0.25, 0.3) is 5.91 Å². The van der Waals surface area contributed by atoms with E-state index in [2.05, 4.69) is 0 Å². The third-order valence-electron chi connectivity index (χ3n) is 7.09. The lowest BCUT2D eigenvalue weighted by Crippen LogP contribution is -2.52. The van der Waals surface area contributed by atoms with E-state index in [1.807, 2.05) is 36.9 Å². The quantitative estimate of drug-likeness (QED) is 0.752. The van der Waals surface area contributed by atoms with Gasteiger partial charge < -0.3 is 14.9 Å². The molecule has 4 rings (SSSR count). The van der Waals surface area contributed by atoms with E-state index in [4.69, 9.17) is 5.26 Å². The molecule has 0 saturated carbocycles. The molecule has 2 aromatic carbocycles. The van der Waals surface area contributed by atoms with Gasteiger partial charge in [-0.2, -0.15) is 18.4 Å². The molecule has 2 fully saturated rings. The molecule has 0 spiro atoms. The number of anilines is 1. The van der Waals surface area contributed by atoms with E-state index in [1.165, 1.54) is 12.1 Å². The normalized spacial score (nSPS) is 22.8. The number of aliphatic hydroxyl groups is 1. The number of nitriles is 1. The fourth-order valence-corrected chi connectivity index (χ4v) is 5.18. The van der Waals surface area contributed by atoms with Gasteiger partial charge in [0.15, 0.2) is 0 Å². The van der Waals surface area contributed by atoms with Gasteiger partial charge in [0, 0.05) is 42.8 Å². The van der Waals surface area contributed by atoms with Gasteiger partial charge in [-0.3, -0.25) is 4.79 Å². The number of hydrogen-bond acceptors (Lipinski definition) is 4. The number of carbonyl (C=O) groups is 1. The molecule has 1 amide bonds. The molecule has 0 aromatic heterocycles. The van der Waals surface area contributed by atoms with E-state index >= 15 is 0 Å². The summed E-state index contributed by atoms with van der Waals surface area (Å²) in [5, 5.41) is 19.4. The molecule has 0 unspecified atom stereocenters. The second-order valence-electron chi connectivity index (χ2n) is 9.27. The summed E-state index contributed by atoms with van der Waals surface area (Å²) < 4.78 is 40.3. The van der Waals surface area contributed by atoms with Crippen molar-refractivity contribution < 1.29 is 23.1 Å². The standard InChI is InChI=1S/C25H26F3N3O2/c1-16-3-4-17(2)21(9-16)23(33)30-8-7-19-12-31(14-24(19,13-30)15-32)20-6-5-18(11-29)22(10-20)25(26,27)28/h3-6,9-10,19,32H,7-8,12-15H2,1-2H3/t19-,24+/m0/s1. The van der Waals surface area contributed by atoms with Gasteiger partial charge >= 0.3 is 6.18 Å². The number of fused-ring (bicyclic) bond motifs is 1. The number of piperidine rings is 1. The summed E-state index contributed by atoms with van der Waals surface area (Å²) in [6.45, 7) is 5.38. The first kappa shape index (κ1) is 23.1. The lowest BCUT2D eigenvalue weighted by atomic mass is 9.74. The van der Waals surface area contributed by atoms with Crippen LogP contribution in [0.25, 0.3) is 0 Å². The maximum absolute atomic E-state index is 13.4. The van der Waals surface area contributed by atoms with Crippen LogP contribution in [0.4, 0.5) is 18.9 Å². The van der Waals surface area contributed by atoms with Gasteiger partial charge in [-0.05, 0) is 56.0 Å². The molecule has 0 bridgehead atoms. The third-order valence-corrected chi connectivity index (χ3v) is 7.09. The number of hydrogen-bond donors (Lipinski definition) is 1. The fraction of sp³-hybridized carbons (Fsp3) is 0.440. The first-order valence-electron chi connectivity index (χ1n) is 10.9. The first-order valence-corrected chi connectivity index (χ1v) is 10.9. The molecule has 5 nitrogen and oxygen atoms in total. The number of rotatable bonds is 3. The zero-order valence-electron chi connectivity index (χ0n) is 18.6. The first-order chi connectivity index (χ1) is 15.6. The van der Waals surface area contributed by atoms with E-state index in [0.29, 0.717) is 43.9 Å². The molecular formula is C25H26F3N3O2. The highest BCUT2D eigenvalue weighted by Crippen LogP contribution is 2.45. The summed E-state index contributed by atoms with van der Waals surface area (Å²) in [5.74, 6) is -0.0335. The van der Waals surface area contributed by atoms with Crippen molar-refractivity contribution in [3.05, 3.63) is 64.2 Å². The molecule has 174 valence electrons. The van der Waals surface area contributed by atoms with Crippen LogP contribution in [0.5, 0.6) is 0 Å². The zero-order chi connectivity index (χ0) is 24.0. The molecule has 0 radical (unpaired) electrons. The number of alkyl halides is 3. The van der Waals surface area contributed by atoms with Crippen LogP contribution in [0.15, 0.2) is 36.4 Å². The van der Waals surface area contributed by atoms with Gasteiger partial charge in [-0.1, -0.05) is 17.7 Å². The fourth-order valence-electron chi connectivity index (χ4n) is 5.18. The topological polar surface area (TPSA) is 67.6 Å². The number of benzene rings is 2. The van der Waals surface area contributed by atoms with Crippen molar-refractivity contribution in [2.24, 2.45) is 11.3 Å². The van der Waals surface area contributed by atoms with Crippen LogP contribution in [-0.4, -0.2) is 48.7 Å². The SMILES string of the molecule is Cc1ccc(C)c(C(=O)N2CC[C@H]3CN(c4ccc(C#N)c(C(F)(F)F)c4)C[C@@]3(CO)C2)c1. The predicted octanol–water partition coefficient (Wildman–Crippen LogP) is 4.15. The second-order valence-corrected chi connectivity index (χ2v) is 9.27. The number of carbonyl (C=O) groups excluding carboxylic acids is 1. The van der Waals surface area contributed by atoms with E-state index in [-0.39, 0.29) is 18.4 Å². The van der Waals surface area contributed by atoms with Gasteiger partial charge in [-0.15, -0.1) is 0 Å². The van der Waals surface area contributed by atoms with Crippen LogP contribution in [0.1, 0.15) is 39.0 Å². The molecule has 33 heavy (non-hydrogen) atoms. The Hall–Kier alpha value is -3.05. The smallest absolute Gasteiger partial charge is 0.396 e. The number of amides is 1. The zero-order valence-corrected chi connectivity index (χ0v) is 18.6. The van der Waals surface area contributed by atoms with Gasteiger partial charge in [0.1, 0.15) is 0 Å². The summed E-state index contributed by atoms with van der Waals surface area (Å²) >= 11 is 0. The average molecular weight is 457 g/mol. The highest BCUT2D eigenvalue weighted by Gasteiger charge is 2.50. The van der Waals surface area contributed by atoms with Gasteiger partial charge in [0.05, 0.1) is 23.8 Å². The number of aliphatic hydroxyl groups excluding tert-OH is 1. The van der Waals surface area contributed by atoms with Crippen molar-refractivity contribution >= 4 is 11.6 Å². The lowest BCUT2D eigenvalue weighted by molar-refractivity contribution is -0.137. The molecule has 8 heteroatoms. The maximum atomic E-state index is 13.4. The lowest BCUT2D eigenvalue weighted by Gasteiger charge is -2.43. The van der Waals surface area contributed by atoms with Crippen LogP contribution in [-0.2, 0) is 6.18 Å². The van der Waals surface area contributed by atoms with E-state index in [1.54, 1.807) is 11.0 Å². The Morgan fingerprint density at radius 3 is 2.64 bits per heavy atom. The van der Waals surface area contributed by atoms with Crippen LogP contribution in [0, 0.1) is 36.5 Å². The highest BCUT2D eigenvalue weighted by molar-refractivity contribution is 5.96. The molecule has 2 aromatic rings. The van der Waals surface area contributed by atoms with Crippen molar-refractivity contribution in [1.29, 1.82) is 5.26 Å². The minimum atomic E-state index is -4.63. The van der Waals surface area contributed by atoms with Gasteiger partial charge in [0.2, 0.25) is 0 Å². The summed E-state index contributed by atoms with van der Waals surface area (Å²) in [6.07, 6.45) is -3.97. The van der Waals surface area contributed by atoms with Crippen LogP contribution in [0.2, 0.25) is 0 Å². The van der Waals surface area contributed by atoms with Crippen molar-refractivity contribution in [3.8, 4) is 6.07 Å². The molecule has 2 aliphatic rings. The van der Waals surface area contributed by atoms with E-state index in [0.717, 1.165) is 17.2 Å². The highest BCUT2D eigenvalue weighted by atomic mass is 19.4.